The summed E-state index contributed by atoms with van der Waals surface area (Å²) in [6, 6.07) is 10.1. The van der Waals surface area contributed by atoms with Crippen LogP contribution in [-0.2, 0) is 11.3 Å². The van der Waals surface area contributed by atoms with Crippen molar-refractivity contribution in [1.29, 1.82) is 0 Å². The second-order valence-corrected chi connectivity index (χ2v) is 10.8. The second-order valence-electron chi connectivity index (χ2n) is 10.4. The first-order valence-corrected chi connectivity index (χ1v) is 13.9. The summed E-state index contributed by atoms with van der Waals surface area (Å²) < 4.78 is 38.8. The summed E-state index contributed by atoms with van der Waals surface area (Å²) in [4.78, 5) is 27.5. The molecule has 0 N–H and O–H groups in total. The lowest BCUT2D eigenvalue weighted by atomic mass is 9.96. The lowest BCUT2D eigenvalue weighted by Crippen LogP contribution is -2.39. The summed E-state index contributed by atoms with van der Waals surface area (Å²) in [5.74, 6) is 0.518. The average molecular weight is 560 g/mol. The molecule has 1 amide bonds. The molecule has 1 saturated heterocycles. The summed E-state index contributed by atoms with van der Waals surface area (Å²) >= 11 is 5.93. The number of benzene rings is 2. The molecule has 2 aliphatic rings. The Bertz CT molecular complexity index is 1300. The van der Waals surface area contributed by atoms with E-state index in [0.29, 0.717) is 60.1 Å². The van der Waals surface area contributed by atoms with Crippen LogP contribution in [0, 0.1) is 11.8 Å². The highest BCUT2D eigenvalue weighted by Crippen LogP contribution is 2.33. The third-order valence-electron chi connectivity index (χ3n) is 7.38. The van der Waals surface area contributed by atoms with Gasteiger partial charge < -0.3 is 14.4 Å². The predicted octanol–water partition coefficient (Wildman–Crippen LogP) is 6.23. The van der Waals surface area contributed by atoms with E-state index in [2.05, 4.69) is 5.10 Å². The first-order valence-electron chi connectivity index (χ1n) is 13.5. The number of Topliss-reactive ketones (excluding diaryl/α,β-unsaturated/α-hetero) is 1. The van der Waals surface area contributed by atoms with Crippen molar-refractivity contribution < 1.29 is 27.8 Å². The van der Waals surface area contributed by atoms with Crippen LogP contribution in [0.3, 0.4) is 0 Å². The minimum absolute atomic E-state index is 0.0181. The zero-order valence-electron chi connectivity index (χ0n) is 21.7. The number of carbonyl (C=O) groups excluding carboxylic acids is 2. The van der Waals surface area contributed by atoms with Crippen LogP contribution in [0.5, 0.6) is 5.75 Å². The van der Waals surface area contributed by atoms with Crippen molar-refractivity contribution in [3.63, 3.8) is 0 Å². The summed E-state index contributed by atoms with van der Waals surface area (Å²) in [6.45, 7) is -0.0533. The topological polar surface area (TPSA) is 73.7 Å². The molecule has 1 aliphatic carbocycles. The molecule has 5 rings (SSSR count). The Morgan fingerprint density at radius 1 is 1.03 bits per heavy atom. The van der Waals surface area contributed by atoms with E-state index in [1.54, 1.807) is 41.2 Å². The van der Waals surface area contributed by atoms with Crippen molar-refractivity contribution in [1.82, 2.24) is 14.7 Å². The standard InChI is InChI=1S/C29H32ClF2N3O4/c30-22-7-5-21(6-8-22)28(37)34-13-11-19(12-14-34)16-35-17-24-25(33-35)10-9-23(27(24)39-29(31)32)26(36)2-1-15-38-18-20-3-4-20/h5-10,17,19-20,29H,1-4,11-16,18H2. The first-order chi connectivity index (χ1) is 18.9. The molecule has 7 nitrogen and oxygen atoms in total. The van der Waals surface area contributed by atoms with Crippen molar-refractivity contribution >= 4 is 34.2 Å². The smallest absolute Gasteiger partial charge is 0.387 e. The molecule has 208 valence electrons. The van der Waals surface area contributed by atoms with Crippen molar-refractivity contribution in [2.45, 2.75) is 51.7 Å². The van der Waals surface area contributed by atoms with Crippen LogP contribution in [0.4, 0.5) is 8.78 Å². The number of alkyl halides is 2. The number of ether oxygens (including phenoxy) is 2. The number of aromatic nitrogens is 2. The number of fused-ring (bicyclic) bond motifs is 1. The van der Waals surface area contributed by atoms with Crippen LogP contribution in [-0.4, -0.2) is 59.3 Å². The van der Waals surface area contributed by atoms with E-state index in [0.717, 1.165) is 19.4 Å². The largest absolute Gasteiger partial charge is 0.433 e. The van der Waals surface area contributed by atoms with E-state index in [1.165, 1.54) is 18.9 Å². The fraction of sp³-hybridized carbons (Fsp3) is 0.483. The molecule has 2 heterocycles. The molecule has 0 spiro atoms. The van der Waals surface area contributed by atoms with Gasteiger partial charge in [-0.15, -0.1) is 0 Å². The van der Waals surface area contributed by atoms with Crippen LogP contribution in [0.25, 0.3) is 10.9 Å². The molecule has 3 aromatic rings. The Hall–Kier alpha value is -3.04. The Labute approximate surface area is 231 Å². The average Bonchev–Trinajstić information content (AvgIpc) is 3.66. The maximum Gasteiger partial charge on any atom is 0.387 e. The third kappa shape index (κ3) is 7.13. The van der Waals surface area contributed by atoms with Crippen molar-refractivity contribution in [2.24, 2.45) is 11.8 Å². The Morgan fingerprint density at radius 2 is 1.77 bits per heavy atom. The highest BCUT2D eigenvalue weighted by molar-refractivity contribution is 6.30. The molecule has 0 radical (unpaired) electrons. The van der Waals surface area contributed by atoms with E-state index < -0.39 is 6.61 Å². The van der Waals surface area contributed by atoms with Gasteiger partial charge in [-0.25, -0.2) is 0 Å². The minimum Gasteiger partial charge on any atom is -0.433 e. The van der Waals surface area contributed by atoms with Crippen molar-refractivity contribution in [3.8, 4) is 5.75 Å². The molecule has 0 unspecified atom stereocenters. The number of piperidine rings is 1. The minimum atomic E-state index is -3.06. The number of hydrogen-bond donors (Lipinski definition) is 0. The number of halogens is 3. The molecule has 0 bridgehead atoms. The summed E-state index contributed by atoms with van der Waals surface area (Å²) in [5, 5.41) is 5.54. The quantitative estimate of drug-likeness (QED) is 0.194. The Kier molecular flexibility index (Phi) is 8.77. The van der Waals surface area contributed by atoms with Crippen LogP contribution >= 0.6 is 11.6 Å². The summed E-state index contributed by atoms with van der Waals surface area (Å²) in [5.41, 5.74) is 1.24. The molecule has 1 aromatic heterocycles. The fourth-order valence-electron chi connectivity index (χ4n) is 5.01. The lowest BCUT2D eigenvalue weighted by molar-refractivity contribution is -0.0491. The maximum absolute atomic E-state index is 13.3. The summed E-state index contributed by atoms with van der Waals surface area (Å²) in [6.07, 6.45) is 6.38. The van der Waals surface area contributed by atoms with Gasteiger partial charge in [0.2, 0.25) is 0 Å². The molecule has 2 aromatic carbocycles. The van der Waals surface area contributed by atoms with Crippen LogP contribution in [0.15, 0.2) is 42.6 Å². The molecule has 39 heavy (non-hydrogen) atoms. The number of likely N-dealkylation sites (tertiary alicyclic amines) is 1. The molecule has 2 fully saturated rings. The van der Waals surface area contributed by atoms with Crippen molar-refractivity contribution in [2.75, 3.05) is 26.3 Å². The Balaban J connectivity index is 1.21. The van der Waals surface area contributed by atoms with E-state index >= 15 is 0 Å². The normalized spacial score (nSPS) is 16.3. The van der Waals surface area contributed by atoms with E-state index in [1.807, 2.05) is 4.90 Å². The van der Waals surface area contributed by atoms with E-state index in [4.69, 9.17) is 21.1 Å². The number of amides is 1. The van der Waals surface area contributed by atoms with Gasteiger partial charge in [0.25, 0.3) is 5.91 Å². The van der Waals surface area contributed by atoms with Gasteiger partial charge >= 0.3 is 6.61 Å². The van der Waals surface area contributed by atoms with E-state index in [-0.39, 0.29) is 35.3 Å². The molecule has 1 saturated carbocycles. The molecular formula is C29H32ClF2N3O4. The van der Waals surface area contributed by atoms with Gasteiger partial charge in [0.15, 0.2) is 5.78 Å². The number of carbonyl (C=O) groups is 2. The van der Waals surface area contributed by atoms with Gasteiger partial charge in [-0.2, -0.15) is 13.9 Å². The third-order valence-corrected chi connectivity index (χ3v) is 7.63. The molecule has 0 atom stereocenters. The van der Waals surface area contributed by atoms with Gasteiger partial charge in [0, 0.05) is 56.1 Å². The summed E-state index contributed by atoms with van der Waals surface area (Å²) in [7, 11) is 0. The van der Waals surface area contributed by atoms with Gasteiger partial charge in [-0.1, -0.05) is 11.6 Å². The first kappa shape index (κ1) is 27.5. The Morgan fingerprint density at radius 3 is 2.46 bits per heavy atom. The van der Waals surface area contributed by atoms with Gasteiger partial charge in [0.05, 0.1) is 16.5 Å². The SMILES string of the molecule is O=C(CCCOCC1CC1)c1ccc2nn(CC3CCN(C(=O)c4ccc(Cl)cc4)CC3)cc2c1OC(F)F. The number of hydrogen-bond acceptors (Lipinski definition) is 5. The van der Waals surface area contributed by atoms with Crippen LogP contribution < -0.4 is 4.74 Å². The van der Waals surface area contributed by atoms with Gasteiger partial charge in [0.1, 0.15) is 5.75 Å². The molecule has 10 heteroatoms. The molecular weight excluding hydrogens is 528 g/mol. The van der Waals surface area contributed by atoms with E-state index in [9.17, 15) is 18.4 Å². The predicted molar refractivity (Wildman–Crippen MR) is 144 cm³/mol. The van der Waals surface area contributed by atoms with Crippen molar-refractivity contribution in [3.05, 3.63) is 58.7 Å². The lowest BCUT2D eigenvalue weighted by Gasteiger charge is -2.32. The monoisotopic (exact) mass is 559 g/mol. The number of ketones is 1. The van der Waals surface area contributed by atoms with Crippen LogP contribution in [0.1, 0.15) is 59.2 Å². The molecule has 1 aliphatic heterocycles. The zero-order chi connectivity index (χ0) is 27.4. The maximum atomic E-state index is 13.3. The number of nitrogens with zero attached hydrogens (tertiary/aromatic N) is 3. The van der Waals surface area contributed by atoms with Gasteiger partial charge in [-0.05, 0) is 80.3 Å². The highest BCUT2D eigenvalue weighted by Gasteiger charge is 2.26. The second kappa shape index (κ2) is 12.4. The zero-order valence-corrected chi connectivity index (χ0v) is 22.4. The fourth-order valence-corrected chi connectivity index (χ4v) is 5.13. The number of rotatable bonds is 12. The van der Waals surface area contributed by atoms with Crippen LogP contribution in [0.2, 0.25) is 5.02 Å². The van der Waals surface area contributed by atoms with Gasteiger partial charge in [-0.3, -0.25) is 14.3 Å². The highest BCUT2D eigenvalue weighted by atomic mass is 35.5.